The molecule has 2 N–H and O–H groups in total. The normalized spacial score (nSPS) is 14.5. The number of nitrogens with zero attached hydrogens (tertiary/aromatic N) is 1. The number of hydrogen-bond donors (Lipinski definition) is 2. The number of benzene rings is 1. The third-order valence-electron chi connectivity index (χ3n) is 4.02. The molecule has 140 valence electrons. The highest BCUT2D eigenvalue weighted by atomic mass is 19.3. The molecule has 0 aromatic heterocycles. The van der Waals surface area contributed by atoms with E-state index in [0.29, 0.717) is 30.4 Å². The predicted octanol–water partition coefficient (Wildman–Crippen LogP) is 3.54. The molecule has 0 atom stereocenters. The van der Waals surface area contributed by atoms with Gasteiger partial charge in [-0.3, -0.25) is 4.99 Å². The number of ether oxygens (including phenoxy) is 2. The van der Waals surface area contributed by atoms with Crippen LogP contribution in [0.2, 0.25) is 0 Å². The average molecular weight is 355 g/mol. The summed E-state index contributed by atoms with van der Waals surface area (Å²) in [6.07, 6.45) is 5.06. The Labute approximate surface area is 147 Å². The van der Waals surface area contributed by atoms with Crippen LogP contribution in [0.25, 0.3) is 0 Å². The Hall–Kier alpha value is -2.05. The lowest BCUT2D eigenvalue weighted by Gasteiger charge is -2.17. The van der Waals surface area contributed by atoms with Gasteiger partial charge in [0.2, 0.25) is 0 Å². The second-order valence-corrected chi connectivity index (χ2v) is 5.99. The van der Waals surface area contributed by atoms with Gasteiger partial charge in [-0.2, -0.15) is 8.78 Å². The van der Waals surface area contributed by atoms with Gasteiger partial charge in [0.1, 0.15) is 0 Å². The minimum absolute atomic E-state index is 0.0658. The maximum Gasteiger partial charge on any atom is 0.387 e. The van der Waals surface area contributed by atoms with Crippen molar-refractivity contribution < 1.29 is 18.3 Å². The van der Waals surface area contributed by atoms with Crippen LogP contribution in [-0.4, -0.2) is 32.8 Å². The molecule has 0 radical (unpaired) electrons. The molecule has 0 aliphatic heterocycles. The van der Waals surface area contributed by atoms with E-state index in [9.17, 15) is 8.78 Å². The van der Waals surface area contributed by atoms with E-state index in [4.69, 9.17) is 4.74 Å². The van der Waals surface area contributed by atoms with Gasteiger partial charge < -0.3 is 20.1 Å². The number of guanidine groups is 1. The lowest BCUT2D eigenvalue weighted by molar-refractivity contribution is -0.0520. The number of aliphatic imine (C=N–C) groups is 1. The monoisotopic (exact) mass is 355 g/mol. The van der Waals surface area contributed by atoms with Gasteiger partial charge >= 0.3 is 6.61 Å². The number of hydrogen-bond acceptors (Lipinski definition) is 3. The van der Waals surface area contributed by atoms with Crippen LogP contribution in [0, 0.1) is 5.92 Å². The molecule has 0 amide bonds. The highest BCUT2D eigenvalue weighted by Crippen LogP contribution is 2.33. The Balaban J connectivity index is 1.91. The van der Waals surface area contributed by atoms with E-state index >= 15 is 0 Å². The first kappa shape index (κ1) is 19.3. The molecule has 0 bridgehead atoms. The van der Waals surface area contributed by atoms with E-state index < -0.39 is 6.61 Å². The lowest BCUT2D eigenvalue weighted by atomic mass is 10.2. The average Bonchev–Trinajstić information content (AvgIpc) is 3.40. The van der Waals surface area contributed by atoms with Crippen molar-refractivity contribution in [3.05, 3.63) is 23.8 Å². The van der Waals surface area contributed by atoms with Gasteiger partial charge in [-0.1, -0.05) is 25.0 Å². The van der Waals surface area contributed by atoms with Crippen LogP contribution in [0.3, 0.4) is 0 Å². The highest BCUT2D eigenvalue weighted by molar-refractivity contribution is 5.79. The Morgan fingerprint density at radius 1 is 1.32 bits per heavy atom. The van der Waals surface area contributed by atoms with Crippen LogP contribution in [0.15, 0.2) is 23.2 Å². The summed E-state index contributed by atoms with van der Waals surface area (Å²) in [4.78, 5) is 4.16. The fraction of sp³-hybridized carbons (Fsp3) is 0.611. The minimum atomic E-state index is -2.90. The summed E-state index contributed by atoms with van der Waals surface area (Å²) >= 11 is 0. The van der Waals surface area contributed by atoms with E-state index in [1.165, 1.54) is 19.3 Å². The second kappa shape index (κ2) is 10.1. The van der Waals surface area contributed by atoms with Crippen LogP contribution >= 0.6 is 0 Å². The van der Waals surface area contributed by atoms with Crippen molar-refractivity contribution in [1.82, 2.24) is 10.6 Å². The minimum Gasteiger partial charge on any atom is -0.490 e. The van der Waals surface area contributed by atoms with Crippen LogP contribution in [-0.2, 0) is 6.54 Å². The van der Waals surface area contributed by atoms with Crippen LogP contribution < -0.4 is 20.1 Å². The maximum absolute atomic E-state index is 12.7. The van der Waals surface area contributed by atoms with E-state index in [-0.39, 0.29) is 5.75 Å². The second-order valence-electron chi connectivity index (χ2n) is 5.99. The van der Waals surface area contributed by atoms with Crippen molar-refractivity contribution in [2.24, 2.45) is 10.9 Å². The first-order valence-electron chi connectivity index (χ1n) is 8.78. The van der Waals surface area contributed by atoms with Crippen LogP contribution in [0.4, 0.5) is 8.78 Å². The highest BCUT2D eigenvalue weighted by Gasteiger charge is 2.20. The summed E-state index contributed by atoms with van der Waals surface area (Å²) in [5.41, 5.74) is 0.590. The third kappa shape index (κ3) is 6.76. The van der Waals surface area contributed by atoms with Gasteiger partial charge in [0.25, 0.3) is 0 Å². The standard InChI is InChI=1S/C18H27F2N3O2/c1-3-24-15-8-4-7-14(16(15)25-17(19)20)12-23-18(21-2)22-11-5-6-13-9-10-13/h4,7-8,13,17H,3,5-6,9-12H2,1-2H3,(H2,21,22,23). The fourth-order valence-corrected chi connectivity index (χ4v) is 2.60. The molecule has 0 spiro atoms. The molecule has 25 heavy (non-hydrogen) atoms. The predicted molar refractivity (Wildman–Crippen MR) is 94.4 cm³/mol. The van der Waals surface area contributed by atoms with E-state index in [2.05, 4.69) is 20.4 Å². The van der Waals surface area contributed by atoms with Crippen molar-refractivity contribution in [1.29, 1.82) is 0 Å². The van der Waals surface area contributed by atoms with Crippen LogP contribution in [0.5, 0.6) is 11.5 Å². The van der Waals surface area contributed by atoms with E-state index in [0.717, 1.165) is 18.9 Å². The molecular weight excluding hydrogens is 328 g/mol. The Kier molecular flexibility index (Phi) is 7.76. The molecule has 0 saturated heterocycles. The fourth-order valence-electron chi connectivity index (χ4n) is 2.60. The zero-order valence-corrected chi connectivity index (χ0v) is 14.9. The Morgan fingerprint density at radius 3 is 2.76 bits per heavy atom. The summed E-state index contributed by atoms with van der Waals surface area (Å²) in [5.74, 6) is 1.93. The quantitative estimate of drug-likeness (QED) is 0.383. The summed E-state index contributed by atoms with van der Waals surface area (Å²) in [6.45, 7) is 0.423. The number of rotatable bonds is 10. The third-order valence-corrected chi connectivity index (χ3v) is 4.02. The van der Waals surface area contributed by atoms with Gasteiger partial charge in [-0.05, 0) is 31.7 Å². The van der Waals surface area contributed by atoms with Gasteiger partial charge in [0.05, 0.1) is 6.61 Å². The van der Waals surface area contributed by atoms with Gasteiger partial charge in [-0.15, -0.1) is 0 Å². The van der Waals surface area contributed by atoms with E-state index in [1.807, 2.05) is 0 Å². The van der Waals surface area contributed by atoms with Gasteiger partial charge in [0.15, 0.2) is 17.5 Å². The number of para-hydroxylation sites is 1. The van der Waals surface area contributed by atoms with Crippen molar-refractivity contribution >= 4 is 5.96 Å². The van der Waals surface area contributed by atoms with Crippen molar-refractivity contribution in [3.63, 3.8) is 0 Å². The number of alkyl halides is 2. The first-order valence-corrected chi connectivity index (χ1v) is 8.78. The molecule has 5 nitrogen and oxygen atoms in total. The van der Waals surface area contributed by atoms with Crippen molar-refractivity contribution in [2.75, 3.05) is 20.2 Å². The van der Waals surface area contributed by atoms with Gasteiger partial charge in [-0.25, -0.2) is 0 Å². The topological polar surface area (TPSA) is 54.9 Å². The molecule has 0 heterocycles. The molecule has 1 aromatic rings. The lowest BCUT2D eigenvalue weighted by Crippen LogP contribution is -2.37. The number of nitrogens with one attached hydrogen (secondary N) is 2. The summed E-state index contributed by atoms with van der Waals surface area (Å²) in [5, 5.41) is 6.37. The molecular formula is C18H27F2N3O2. The van der Waals surface area contributed by atoms with Crippen molar-refractivity contribution in [2.45, 2.75) is 45.8 Å². The van der Waals surface area contributed by atoms with Crippen molar-refractivity contribution in [3.8, 4) is 11.5 Å². The Morgan fingerprint density at radius 2 is 2.12 bits per heavy atom. The van der Waals surface area contributed by atoms with Gasteiger partial charge in [0, 0.05) is 25.7 Å². The number of halogens is 2. The summed E-state index contributed by atoms with van der Waals surface area (Å²) in [6, 6.07) is 5.11. The largest absolute Gasteiger partial charge is 0.490 e. The summed E-state index contributed by atoms with van der Waals surface area (Å²) in [7, 11) is 1.68. The summed E-state index contributed by atoms with van der Waals surface area (Å²) < 4.78 is 35.5. The molecule has 1 aromatic carbocycles. The van der Waals surface area contributed by atoms with Crippen LogP contribution in [0.1, 0.15) is 38.2 Å². The molecule has 1 aliphatic rings. The first-order chi connectivity index (χ1) is 12.1. The zero-order chi connectivity index (χ0) is 18.1. The molecule has 2 rings (SSSR count). The molecule has 7 heteroatoms. The Bertz CT molecular complexity index is 563. The molecule has 1 aliphatic carbocycles. The smallest absolute Gasteiger partial charge is 0.387 e. The van der Waals surface area contributed by atoms with E-state index in [1.54, 1.807) is 32.2 Å². The molecule has 1 fully saturated rings. The maximum atomic E-state index is 12.7. The SMILES string of the molecule is CCOc1cccc(CNC(=NC)NCCCC2CC2)c1OC(F)F. The molecule has 1 saturated carbocycles. The molecule has 0 unspecified atom stereocenters. The zero-order valence-electron chi connectivity index (χ0n) is 14.9.